The summed E-state index contributed by atoms with van der Waals surface area (Å²) in [5.74, 6) is 0.819. The second kappa shape index (κ2) is 5.17. The topological polar surface area (TPSA) is 80.1 Å². The fourth-order valence-electron chi connectivity index (χ4n) is 2.66. The summed E-state index contributed by atoms with van der Waals surface area (Å²) in [5, 5.41) is 10.3. The molecule has 1 aliphatic rings. The summed E-state index contributed by atoms with van der Waals surface area (Å²) in [6.07, 6.45) is 11.2. The molecule has 3 aromatic heterocycles. The average Bonchev–Trinajstić information content (AvgIpc) is 3.17. The molecule has 0 saturated carbocycles. The van der Waals surface area contributed by atoms with Gasteiger partial charge in [0.1, 0.15) is 0 Å². The number of aromatic nitrogens is 5. The van der Waals surface area contributed by atoms with Crippen LogP contribution >= 0.6 is 0 Å². The Morgan fingerprint density at radius 2 is 2.14 bits per heavy atom. The van der Waals surface area contributed by atoms with E-state index < -0.39 is 0 Å². The van der Waals surface area contributed by atoms with Gasteiger partial charge in [-0.15, -0.1) is 0 Å². The molecule has 4 heterocycles. The molecular formula is C14H16N6O. The molecule has 7 nitrogen and oxygen atoms in total. The first-order chi connectivity index (χ1) is 10.4. The van der Waals surface area contributed by atoms with Gasteiger partial charge in [0.15, 0.2) is 11.5 Å². The van der Waals surface area contributed by atoms with Gasteiger partial charge < -0.3 is 10.1 Å². The highest BCUT2D eigenvalue weighted by molar-refractivity contribution is 5.70. The maximum Gasteiger partial charge on any atom is 0.180 e. The van der Waals surface area contributed by atoms with E-state index in [-0.39, 0.29) is 0 Å². The first kappa shape index (κ1) is 12.3. The van der Waals surface area contributed by atoms with Gasteiger partial charge in [-0.25, -0.2) is 9.97 Å². The Labute approximate surface area is 121 Å². The maximum absolute atomic E-state index is 5.39. The molecule has 0 aliphatic carbocycles. The Balaban J connectivity index is 1.70. The van der Waals surface area contributed by atoms with Gasteiger partial charge in [-0.05, 0) is 12.8 Å². The molecule has 0 amide bonds. The molecule has 3 aromatic rings. The van der Waals surface area contributed by atoms with Crippen LogP contribution in [0.3, 0.4) is 0 Å². The zero-order valence-corrected chi connectivity index (χ0v) is 11.5. The molecule has 0 aromatic carbocycles. The summed E-state index contributed by atoms with van der Waals surface area (Å²) in [7, 11) is 0. The standard InChI is InChI=1S/C14H16N6O/c1-5-21-6-2-11(1)19-13-14-16-9-12(10-7-17-18-8-10)20(14)4-3-15-13/h3-4,7-9,11H,1-2,5-6H2,(H,15,19)(H,17,18). The zero-order chi connectivity index (χ0) is 14.1. The van der Waals surface area contributed by atoms with Crippen molar-refractivity contribution < 1.29 is 4.74 Å². The van der Waals surface area contributed by atoms with Gasteiger partial charge in [-0.3, -0.25) is 9.50 Å². The molecular weight excluding hydrogens is 268 g/mol. The summed E-state index contributed by atoms with van der Waals surface area (Å²) >= 11 is 0. The highest BCUT2D eigenvalue weighted by atomic mass is 16.5. The number of rotatable bonds is 3. The molecule has 0 bridgehead atoms. The van der Waals surface area contributed by atoms with E-state index in [2.05, 4.69) is 25.5 Å². The second-order valence-corrected chi connectivity index (χ2v) is 5.13. The molecule has 2 N–H and O–H groups in total. The van der Waals surface area contributed by atoms with Gasteiger partial charge in [-0.1, -0.05) is 0 Å². The predicted molar refractivity (Wildman–Crippen MR) is 78.0 cm³/mol. The Bertz CT molecular complexity index is 729. The van der Waals surface area contributed by atoms with Gasteiger partial charge in [0.05, 0.1) is 18.1 Å². The monoisotopic (exact) mass is 284 g/mol. The minimum absolute atomic E-state index is 0.395. The van der Waals surface area contributed by atoms with Crippen molar-refractivity contribution in [3.05, 3.63) is 31.0 Å². The smallest absolute Gasteiger partial charge is 0.180 e. The minimum atomic E-state index is 0.395. The second-order valence-electron chi connectivity index (χ2n) is 5.13. The molecule has 0 atom stereocenters. The molecule has 0 spiro atoms. The van der Waals surface area contributed by atoms with E-state index >= 15 is 0 Å². The lowest BCUT2D eigenvalue weighted by Gasteiger charge is -2.23. The van der Waals surface area contributed by atoms with Gasteiger partial charge in [0.2, 0.25) is 0 Å². The van der Waals surface area contributed by atoms with Crippen LogP contribution in [0.1, 0.15) is 12.8 Å². The van der Waals surface area contributed by atoms with E-state index in [9.17, 15) is 0 Å². The van der Waals surface area contributed by atoms with Gasteiger partial charge in [0, 0.05) is 43.4 Å². The predicted octanol–water partition coefficient (Wildman–Crippen LogP) is 1.71. The molecule has 4 rings (SSSR count). The third kappa shape index (κ3) is 2.25. The van der Waals surface area contributed by atoms with Crippen LogP contribution in [0.5, 0.6) is 0 Å². The maximum atomic E-state index is 5.39. The van der Waals surface area contributed by atoms with E-state index in [1.54, 1.807) is 12.4 Å². The fourth-order valence-corrected chi connectivity index (χ4v) is 2.66. The summed E-state index contributed by atoms with van der Waals surface area (Å²) in [4.78, 5) is 8.94. The summed E-state index contributed by atoms with van der Waals surface area (Å²) in [6, 6.07) is 0.395. The normalized spacial score (nSPS) is 16.4. The van der Waals surface area contributed by atoms with Crippen molar-refractivity contribution in [3.63, 3.8) is 0 Å². The van der Waals surface area contributed by atoms with Gasteiger partial charge in [0.25, 0.3) is 0 Å². The van der Waals surface area contributed by atoms with Crippen LogP contribution < -0.4 is 5.32 Å². The molecule has 1 aliphatic heterocycles. The molecule has 21 heavy (non-hydrogen) atoms. The lowest BCUT2D eigenvalue weighted by molar-refractivity contribution is 0.0904. The highest BCUT2D eigenvalue weighted by Gasteiger charge is 2.17. The summed E-state index contributed by atoms with van der Waals surface area (Å²) in [6.45, 7) is 1.60. The van der Waals surface area contributed by atoms with Crippen LogP contribution in [-0.4, -0.2) is 43.8 Å². The Morgan fingerprint density at radius 1 is 1.24 bits per heavy atom. The molecule has 1 saturated heterocycles. The van der Waals surface area contributed by atoms with Gasteiger partial charge >= 0.3 is 0 Å². The molecule has 7 heteroatoms. The third-order valence-corrected chi connectivity index (χ3v) is 3.78. The van der Waals surface area contributed by atoms with Crippen molar-refractivity contribution in [3.8, 4) is 11.3 Å². The van der Waals surface area contributed by atoms with Crippen LogP contribution in [0, 0.1) is 0 Å². The number of hydrogen-bond donors (Lipinski definition) is 2. The quantitative estimate of drug-likeness (QED) is 0.765. The lowest BCUT2D eigenvalue weighted by Crippen LogP contribution is -2.28. The summed E-state index contributed by atoms with van der Waals surface area (Å²) < 4.78 is 7.41. The van der Waals surface area contributed by atoms with Crippen LogP contribution in [0.15, 0.2) is 31.0 Å². The Morgan fingerprint density at radius 3 is 2.95 bits per heavy atom. The number of anilines is 1. The first-order valence-corrected chi connectivity index (χ1v) is 7.07. The van der Waals surface area contributed by atoms with E-state index in [0.717, 1.165) is 48.8 Å². The van der Waals surface area contributed by atoms with Crippen LogP contribution in [0.25, 0.3) is 16.9 Å². The molecule has 1 fully saturated rings. The first-order valence-electron chi connectivity index (χ1n) is 7.07. The van der Waals surface area contributed by atoms with E-state index in [0.29, 0.717) is 6.04 Å². The lowest BCUT2D eigenvalue weighted by atomic mass is 10.1. The van der Waals surface area contributed by atoms with Crippen molar-refractivity contribution in [2.75, 3.05) is 18.5 Å². The number of ether oxygens (including phenoxy) is 1. The number of H-pyrrole nitrogens is 1. The summed E-state index contributed by atoms with van der Waals surface area (Å²) in [5.41, 5.74) is 2.84. The SMILES string of the molecule is c1cn2c(-c3cn[nH]c3)cnc2c(NC2CCOCC2)n1. The van der Waals surface area contributed by atoms with Crippen molar-refractivity contribution in [2.45, 2.75) is 18.9 Å². The zero-order valence-electron chi connectivity index (χ0n) is 11.5. The number of nitrogens with one attached hydrogen (secondary N) is 2. The number of aromatic amines is 1. The van der Waals surface area contributed by atoms with Crippen molar-refractivity contribution >= 4 is 11.5 Å². The van der Waals surface area contributed by atoms with Crippen LogP contribution in [0.2, 0.25) is 0 Å². The van der Waals surface area contributed by atoms with Crippen molar-refractivity contribution in [2.24, 2.45) is 0 Å². The number of imidazole rings is 1. The van der Waals surface area contributed by atoms with Crippen molar-refractivity contribution in [1.82, 2.24) is 24.6 Å². The average molecular weight is 284 g/mol. The fraction of sp³-hybridized carbons (Fsp3) is 0.357. The van der Waals surface area contributed by atoms with Crippen molar-refractivity contribution in [1.29, 1.82) is 0 Å². The molecule has 108 valence electrons. The number of fused-ring (bicyclic) bond motifs is 1. The van der Waals surface area contributed by atoms with E-state index in [1.165, 1.54) is 0 Å². The number of nitrogens with zero attached hydrogens (tertiary/aromatic N) is 4. The van der Waals surface area contributed by atoms with E-state index in [1.807, 2.05) is 23.0 Å². The van der Waals surface area contributed by atoms with E-state index in [4.69, 9.17) is 4.74 Å². The largest absolute Gasteiger partial charge is 0.381 e. The van der Waals surface area contributed by atoms with Crippen LogP contribution in [-0.2, 0) is 4.74 Å². The third-order valence-electron chi connectivity index (χ3n) is 3.78. The highest BCUT2D eigenvalue weighted by Crippen LogP contribution is 2.23. The molecule has 0 unspecified atom stereocenters. The van der Waals surface area contributed by atoms with Crippen LogP contribution in [0.4, 0.5) is 5.82 Å². The van der Waals surface area contributed by atoms with Gasteiger partial charge in [-0.2, -0.15) is 5.10 Å². The molecule has 0 radical (unpaired) electrons. The Hall–Kier alpha value is -2.41. The Kier molecular flexibility index (Phi) is 3.04. The minimum Gasteiger partial charge on any atom is -0.381 e. The number of hydrogen-bond acceptors (Lipinski definition) is 5.